The summed E-state index contributed by atoms with van der Waals surface area (Å²) in [4.78, 5) is 5.48. The van der Waals surface area contributed by atoms with Crippen LogP contribution in [0.1, 0.15) is 28.5 Å². The highest BCUT2D eigenvalue weighted by molar-refractivity contribution is 7.11. The smallest absolute Gasteiger partial charge is 0.0900 e. The van der Waals surface area contributed by atoms with E-state index in [1.807, 2.05) is 20.8 Å². The van der Waals surface area contributed by atoms with Crippen LogP contribution in [0, 0.1) is 13.8 Å². The lowest BCUT2D eigenvalue weighted by atomic mass is 10.2. The number of nitrogens with zero attached hydrogens (tertiary/aromatic N) is 1. The fraction of sp³-hybridized carbons (Fsp3) is 0.571. The van der Waals surface area contributed by atoms with Crippen LogP contribution in [0.4, 0.5) is 0 Å². The zero-order chi connectivity index (χ0) is 7.72. The molecule has 0 fully saturated rings. The zero-order valence-corrected chi connectivity index (χ0v) is 7.33. The van der Waals surface area contributed by atoms with Gasteiger partial charge in [-0.1, -0.05) is 0 Å². The number of thiazole rings is 1. The van der Waals surface area contributed by atoms with Gasteiger partial charge in [-0.15, -0.1) is 11.3 Å². The average Bonchev–Trinajstić information content (AvgIpc) is 2.10. The van der Waals surface area contributed by atoms with Crippen LogP contribution in [0.15, 0.2) is 0 Å². The maximum Gasteiger partial charge on any atom is 0.0900 e. The van der Waals surface area contributed by atoms with Gasteiger partial charge in [0.15, 0.2) is 0 Å². The van der Waals surface area contributed by atoms with Gasteiger partial charge in [-0.3, -0.25) is 0 Å². The quantitative estimate of drug-likeness (QED) is 0.673. The molecule has 0 radical (unpaired) electrons. The zero-order valence-electron chi connectivity index (χ0n) is 6.51. The Labute approximate surface area is 65.1 Å². The molecular formula is C7H12N2S. The third-order valence-corrected chi connectivity index (χ3v) is 2.63. The fourth-order valence-corrected chi connectivity index (χ4v) is 1.85. The van der Waals surface area contributed by atoms with E-state index >= 15 is 0 Å². The van der Waals surface area contributed by atoms with Crippen LogP contribution in [0.3, 0.4) is 0 Å². The van der Waals surface area contributed by atoms with Gasteiger partial charge in [-0.2, -0.15) is 0 Å². The first-order valence-electron chi connectivity index (χ1n) is 3.30. The van der Waals surface area contributed by atoms with Gasteiger partial charge in [0.1, 0.15) is 0 Å². The van der Waals surface area contributed by atoms with E-state index in [0.717, 1.165) is 10.7 Å². The van der Waals surface area contributed by atoms with Gasteiger partial charge in [0.25, 0.3) is 0 Å². The van der Waals surface area contributed by atoms with Crippen molar-refractivity contribution in [1.29, 1.82) is 0 Å². The average molecular weight is 156 g/mol. The molecule has 0 aliphatic heterocycles. The number of aromatic nitrogens is 1. The standard InChI is InChI=1S/C7H12N2S/c1-4(8)7-5(2)9-6(3)10-7/h4H,8H2,1-3H3/t4-/m1/s1. The van der Waals surface area contributed by atoms with E-state index in [1.165, 1.54) is 4.88 Å². The van der Waals surface area contributed by atoms with E-state index in [4.69, 9.17) is 5.73 Å². The third kappa shape index (κ3) is 1.36. The molecule has 56 valence electrons. The van der Waals surface area contributed by atoms with E-state index < -0.39 is 0 Å². The molecule has 1 rings (SSSR count). The molecule has 1 aromatic heterocycles. The van der Waals surface area contributed by atoms with Crippen LogP contribution < -0.4 is 5.73 Å². The summed E-state index contributed by atoms with van der Waals surface area (Å²) in [7, 11) is 0. The van der Waals surface area contributed by atoms with Gasteiger partial charge in [0.05, 0.1) is 10.7 Å². The van der Waals surface area contributed by atoms with Crippen LogP contribution in [-0.4, -0.2) is 4.98 Å². The molecule has 0 amide bonds. The number of nitrogens with two attached hydrogens (primary N) is 1. The molecule has 1 aromatic rings. The normalized spacial score (nSPS) is 13.6. The van der Waals surface area contributed by atoms with Crippen molar-refractivity contribution in [2.24, 2.45) is 5.73 Å². The molecule has 0 saturated carbocycles. The fourth-order valence-electron chi connectivity index (χ4n) is 0.970. The Kier molecular flexibility index (Phi) is 2.06. The number of rotatable bonds is 1. The van der Waals surface area contributed by atoms with E-state index in [9.17, 15) is 0 Å². The van der Waals surface area contributed by atoms with E-state index in [2.05, 4.69) is 4.98 Å². The summed E-state index contributed by atoms with van der Waals surface area (Å²) in [5.74, 6) is 0. The molecular weight excluding hydrogens is 144 g/mol. The first kappa shape index (κ1) is 7.69. The Morgan fingerprint density at radius 2 is 2.10 bits per heavy atom. The van der Waals surface area contributed by atoms with Crippen molar-refractivity contribution in [3.8, 4) is 0 Å². The number of hydrogen-bond acceptors (Lipinski definition) is 3. The largest absolute Gasteiger partial charge is 0.323 e. The van der Waals surface area contributed by atoms with Crippen molar-refractivity contribution in [3.63, 3.8) is 0 Å². The van der Waals surface area contributed by atoms with E-state index in [-0.39, 0.29) is 6.04 Å². The molecule has 0 aromatic carbocycles. The van der Waals surface area contributed by atoms with Crippen LogP contribution in [0.5, 0.6) is 0 Å². The maximum absolute atomic E-state index is 5.70. The molecule has 2 nitrogen and oxygen atoms in total. The van der Waals surface area contributed by atoms with Crippen molar-refractivity contribution < 1.29 is 0 Å². The van der Waals surface area contributed by atoms with E-state index in [1.54, 1.807) is 11.3 Å². The molecule has 0 unspecified atom stereocenters. The molecule has 0 aliphatic carbocycles. The lowest BCUT2D eigenvalue weighted by molar-refractivity contribution is 0.825. The second-order valence-electron chi connectivity index (χ2n) is 2.47. The molecule has 2 N–H and O–H groups in total. The Balaban J connectivity index is 3.03. The lowest BCUT2D eigenvalue weighted by Crippen LogP contribution is -2.03. The molecule has 1 heterocycles. The van der Waals surface area contributed by atoms with Crippen molar-refractivity contribution in [3.05, 3.63) is 15.6 Å². The molecule has 0 bridgehead atoms. The van der Waals surface area contributed by atoms with Crippen LogP contribution in [-0.2, 0) is 0 Å². The van der Waals surface area contributed by atoms with E-state index in [0.29, 0.717) is 0 Å². The Morgan fingerprint density at radius 3 is 2.30 bits per heavy atom. The van der Waals surface area contributed by atoms with Crippen LogP contribution >= 0.6 is 11.3 Å². The number of hydrogen-bond donors (Lipinski definition) is 1. The summed E-state index contributed by atoms with van der Waals surface area (Å²) >= 11 is 1.69. The van der Waals surface area contributed by atoms with Crippen LogP contribution in [0.25, 0.3) is 0 Å². The Hall–Kier alpha value is -0.410. The van der Waals surface area contributed by atoms with Gasteiger partial charge in [0.2, 0.25) is 0 Å². The van der Waals surface area contributed by atoms with Gasteiger partial charge >= 0.3 is 0 Å². The minimum absolute atomic E-state index is 0.131. The Bertz CT molecular complexity index is 228. The second-order valence-corrected chi connectivity index (χ2v) is 3.71. The molecule has 0 saturated heterocycles. The summed E-state index contributed by atoms with van der Waals surface area (Å²) in [5, 5.41) is 1.10. The van der Waals surface area contributed by atoms with Gasteiger partial charge < -0.3 is 5.73 Å². The first-order chi connectivity index (χ1) is 4.61. The SMILES string of the molecule is Cc1nc(C)c([C@@H](C)N)s1. The molecule has 0 aliphatic rings. The minimum Gasteiger partial charge on any atom is -0.323 e. The predicted octanol–water partition coefficient (Wildman–Crippen LogP) is 1.78. The summed E-state index contributed by atoms with van der Waals surface area (Å²) < 4.78 is 0. The van der Waals surface area contributed by atoms with Crippen molar-refractivity contribution in [1.82, 2.24) is 4.98 Å². The highest BCUT2D eigenvalue weighted by atomic mass is 32.1. The topological polar surface area (TPSA) is 38.9 Å². The summed E-state index contributed by atoms with van der Waals surface area (Å²) in [6, 6.07) is 0.131. The lowest BCUT2D eigenvalue weighted by Gasteiger charge is -1.99. The minimum atomic E-state index is 0.131. The molecule has 3 heteroatoms. The van der Waals surface area contributed by atoms with Crippen molar-refractivity contribution in [2.45, 2.75) is 26.8 Å². The van der Waals surface area contributed by atoms with Gasteiger partial charge in [-0.25, -0.2) is 4.98 Å². The molecule has 0 spiro atoms. The molecule has 1 atom stereocenters. The van der Waals surface area contributed by atoms with Crippen molar-refractivity contribution in [2.75, 3.05) is 0 Å². The van der Waals surface area contributed by atoms with Crippen molar-refractivity contribution >= 4 is 11.3 Å². The van der Waals surface area contributed by atoms with Crippen LogP contribution in [0.2, 0.25) is 0 Å². The Morgan fingerprint density at radius 1 is 1.50 bits per heavy atom. The summed E-state index contributed by atoms with van der Waals surface area (Å²) in [6.07, 6.45) is 0. The highest BCUT2D eigenvalue weighted by Crippen LogP contribution is 2.22. The third-order valence-electron chi connectivity index (χ3n) is 1.35. The predicted molar refractivity (Wildman–Crippen MR) is 44.2 cm³/mol. The van der Waals surface area contributed by atoms with Gasteiger partial charge in [-0.05, 0) is 20.8 Å². The molecule has 10 heavy (non-hydrogen) atoms. The highest BCUT2D eigenvalue weighted by Gasteiger charge is 2.07. The maximum atomic E-state index is 5.70. The second kappa shape index (κ2) is 2.68. The summed E-state index contributed by atoms with van der Waals surface area (Å²) in [5.41, 5.74) is 6.78. The summed E-state index contributed by atoms with van der Waals surface area (Å²) in [6.45, 7) is 5.99. The van der Waals surface area contributed by atoms with Gasteiger partial charge in [0, 0.05) is 10.9 Å². The number of aryl methyl sites for hydroxylation is 2. The first-order valence-corrected chi connectivity index (χ1v) is 4.12. The monoisotopic (exact) mass is 156 g/mol.